The lowest BCUT2D eigenvalue weighted by Crippen LogP contribution is -2.48. The van der Waals surface area contributed by atoms with Crippen molar-refractivity contribution in [2.24, 2.45) is 5.41 Å². The van der Waals surface area contributed by atoms with Crippen LogP contribution in [-0.2, 0) is 20.9 Å². The molecule has 2 aromatic carbocycles. The summed E-state index contributed by atoms with van der Waals surface area (Å²) in [6.07, 6.45) is 0.931. The van der Waals surface area contributed by atoms with Gasteiger partial charge in [0.1, 0.15) is 12.4 Å². The quantitative estimate of drug-likeness (QED) is 0.298. The van der Waals surface area contributed by atoms with Crippen LogP contribution in [0.15, 0.2) is 66.9 Å². The Kier molecular flexibility index (Phi) is 8.10. The molecule has 40 heavy (non-hydrogen) atoms. The Morgan fingerprint density at radius 1 is 1.15 bits per heavy atom. The number of amides is 1. The average Bonchev–Trinajstić information content (AvgIpc) is 3.43. The van der Waals surface area contributed by atoms with Crippen LogP contribution in [0.4, 0.5) is 4.39 Å². The van der Waals surface area contributed by atoms with Gasteiger partial charge in [-0.25, -0.2) is 14.4 Å². The minimum absolute atomic E-state index is 0.0863. The molecule has 2 aromatic heterocycles. The molecule has 2 N–H and O–H groups in total. The molecule has 0 saturated carbocycles. The van der Waals surface area contributed by atoms with Gasteiger partial charge in [-0.05, 0) is 42.8 Å². The van der Waals surface area contributed by atoms with Gasteiger partial charge in [0.15, 0.2) is 5.82 Å². The predicted octanol–water partition coefficient (Wildman–Crippen LogP) is 4.33. The van der Waals surface area contributed by atoms with Gasteiger partial charge in [0, 0.05) is 18.3 Å². The van der Waals surface area contributed by atoms with Crippen molar-refractivity contribution in [1.29, 1.82) is 5.26 Å². The molecule has 5 rings (SSSR count). The number of ether oxygens (including phenoxy) is 3. The first kappa shape index (κ1) is 26.9. The number of halogens is 1. The summed E-state index contributed by atoms with van der Waals surface area (Å²) in [5.74, 6) is -0.255. The number of aromatic nitrogens is 4. The molecule has 1 saturated heterocycles. The third kappa shape index (κ3) is 6.14. The van der Waals surface area contributed by atoms with E-state index < -0.39 is 11.7 Å². The van der Waals surface area contributed by atoms with Gasteiger partial charge in [-0.3, -0.25) is 4.79 Å². The van der Waals surface area contributed by atoms with E-state index in [1.807, 2.05) is 36.4 Å². The molecular formula is C29H27FN6O4. The van der Waals surface area contributed by atoms with E-state index in [0.717, 1.165) is 5.56 Å². The maximum absolute atomic E-state index is 13.7. The SMILES string of the molecule is CC1(C(=O)NCCC#N)COC(c2nc(-c3ccc(F)cc3)c(-c3ccnc(OCc4ccccc4)n3)[nH]2)OC1. The van der Waals surface area contributed by atoms with Gasteiger partial charge in [0.2, 0.25) is 12.2 Å². The zero-order chi connectivity index (χ0) is 28.0. The van der Waals surface area contributed by atoms with Crippen LogP contribution in [-0.4, -0.2) is 45.6 Å². The number of H-pyrrole nitrogens is 1. The molecule has 0 unspecified atom stereocenters. The van der Waals surface area contributed by atoms with Crippen molar-refractivity contribution < 1.29 is 23.4 Å². The highest BCUT2D eigenvalue weighted by Crippen LogP contribution is 2.35. The van der Waals surface area contributed by atoms with Gasteiger partial charge >= 0.3 is 6.01 Å². The summed E-state index contributed by atoms with van der Waals surface area (Å²) in [6, 6.07) is 19.5. The lowest BCUT2D eigenvalue weighted by molar-refractivity contribution is -0.231. The van der Waals surface area contributed by atoms with Crippen LogP contribution >= 0.6 is 0 Å². The van der Waals surface area contributed by atoms with E-state index >= 15 is 0 Å². The van der Waals surface area contributed by atoms with Gasteiger partial charge < -0.3 is 24.5 Å². The van der Waals surface area contributed by atoms with Crippen molar-refractivity contribution in [3.8, 4) is 34.7 Å². The van der Waals surface area contributed by atoms with E-state index in [9.17, 15) is 9.18 Å². The van der Waals surface area contributed by atoms with Crippen LogP contribution in [0.1, 0.15) is 31.0 Å². The number of benzene rings is 2. The Morgan fingerprint density at radius 2 is 1.90 bits per heavy atom. The number of hydrogen-bond donors (Lipinski definition) is 2. The zero-order valence-electron chi connectivity index (χ0n) is 21.8. The lowest BCUT2D eigenvalue weighted by atomic mass is 9.91. The summed E-state index contributed by atoms with van der Waals surface area (Å²) in [6.45, 7) is 2.47. The number of carbonyl (C=O) groups excluding carboxylic acids is 1. The Hall–Kier alpha value is -4.66. The molecule has 1 aliphatic rings. The Morgan fingerprint density at radius 3 is 2.62 bits per heavy atom. The largest absolute Gasteiger partial charge is 0.459 e. The molecule has 204 valence electrons. The molecule has 1 amide bonds. The highest BCUT2D eigenvalue weighted by atomic mass is 19.1. The topological polar surface area (TPSA) is 135 Å². The highest BCUT2D eigenvalue weighted by Gasteiger charge is 2.40. The Balaban J connectivity index is 1.39. The number of rotatable bonds is 9. The highest BCUT2D eigenvalue weighted by molar-refractivity contribution is 5.82. The van der Waals surface area contributed by atoms with Crippen molar-refractivity contribution >= 4 is 5.91 Å². The Labute approximate surface area is 230 Å². The molecular weight excluding hydrogens is 515 g/mol. The number of aromatic amines is 1. The van der Waals surface area contributed by atoms with Crippen molar-refractivity contribution in [1.82, 2.24) is 25.3 Å². The maximum Gasteiger partial charge on any atom is 0.317 e. The van der Waals surface area contributed by atoms with Crippen LogP contribution < -0.4 is 10.1 Å². The van der Waals surface area contributed by atoms with E-state index in [0.29, 0.717) is 35.1 Å². The van der Waals surface area contributed by atoms with Crippen LogP contribution in [0.2, 0.25) is 0 Å². The second-order valence-corrected chi connectivity index (χ2v) is 9.53. The molecule has 4 aromatic rings. The van der Waals surface area contributed by atoms with E-state index in [1.54, 1.807) is 31.3 Å². The molecule has 1 fully saturated rings. The number of nitriles is 1. The molecule has 10 nitrogen and oxygen atoms in total. The molecule has 0 spiro atoms. The summed E-state index contributed by atoms with van der Waals surface area (Å²) in [5.41, 5.74) is 2.28. The van der Waals surface area contributed by atoms with Crippen LogP contribution in [0, 0.1) is 22.6 Å². The first-order chi connectivity index (χ1) is 19.4. The van der Waals surface area contributed by atoms with Crippen LogP contribution in [0.25, 0.3) is 22.6 Å². The molecule has 0 aliphatic carbocycles. The maximum atomic E-state index is 13.7. The Bertz CT molecular complexity index is 1500. The molecule has 11 heteroatoms. The summed E-state index contributed by atoms with van der Waals surface area (Å²) >= 11 is 0. The fourth-order valence-corrected chi connectivity index (χ4v) is 4.12. The summed E-state index contributed by atoms with van der Waals surface area (Å²) in [5, 5.41) is 11.4. The monoisotopic (exact) mass is 542 g/mol. The number of imidazole rings is 1. The first-order valence-electron chi connectivity index (χ1n) is 12.7. The molecule has 0 bridgehead atoms. The smallest absolute Gasteiger partial charge is 0.317 e. The van der Waals surface area contributed by atoms with Crippen molar-refractivity contribution in [3.63, 3.8) is 0 Å². The van der Waals surface area contributed by atoms with Gasteiger partial charge in [-0.2, -0.15) is 10.2 Å². The molecule has 1 aliphatic heterocycles. The van der Waals surface area contributed by atoms with Crippen molar-refractivity contribution in [3.05, 3.63) is 84.1 Å². The number of nitrogens with zero attached hydrogens (tertiary/aromatic N) is 4. The number of hydrogen-bond acceptors (Lipinski definition) is 8. The first-order valence-corrected chi connectivity index (χ1v) is 12.7. The van der Waals surface area contributed by atoms with Gasteiger partial charge in [-0.15, -0.1) is 0 Å². The zero-order valence-corrected chi connectivity index (χ0v) is 21.8. The minimum Gasteiger partial charge on any atom is -0.459 e. The normalized spacial score (nSPS) is 18.6. The number of carbonyl (C=O) groups is 1. The van der Waals surface area contributed by atoms with E-state index in [-0.39, 0.29) is 43.9 Å². The van der Waals surface area contributed by atoms with Gasteiger partial charge in [0.05, 0.1) is 48.2 Å². The summed E-state index contributed by atoms with van der Waals surface area (Å²) in [4.78, 5) is 29.4. The summed E-state index contributed by atoms with van der Waals surface area (Å²) in [7, 11) is 0. The lowest BCUT2D eigenvalue weighted by Gasteiger charge is -2.35. The standard InChI is InChI=1S/C29H27FN6O4/c1-29(27(37)32-14-5-13-31)17-39-26(40-18-29)25-35-23(20-8-10-21(30)11-9-20)24(36-25)22-12-15-33-28(34-22)38-16-19-6-3-2-4-7-19/h2-4,6-12,15,26H,5,14,16-18H2,1H3,(H,32,37)(H,35,36). The fraction of sp³-hybridized carbons (Fsp3) is 0.276. The predicted molar refractivity (Wildman–Crippen MR) is 142 cm³/mol. The van der Waals surface area contributed by atoms with E-state index in [1.165, 1.54) is 12.1 Å². The molecule has 0 radical (unpaired) electrons. The fourth-order valence-electron chi connectivity index (χ4n) is 4.12. The summed E-state index contributed by atoms with van der Waals surface area (Å²) < 4.78 is 31.3. The van der Waals surface area contributed by atoms with Crippen molar-refractivity contribution in [2.45, 2.75) is 26.2 Å². The molecule has 0 atom stereocenters. The van der Waals surface area contributed by atoms with Gasteiger partial charge in [-0.1, -0.05) is 30.3 Å². The van der Waals surface area contributed by atoms with Crippen LogP contribution in [0.5, 0.6) is 6.01 Å². The van der Waals surface area contributed by atoms with E-state index in [4.69, 9.17) is 24.5 Å². The average molecular weight is 543 g/mol. The minimum atomic E-state index is -0.918. The third-order valence-electron chi connectivity index (χ3n) is 6.34. The molecule has 3 heterocycles. The van der Waals surface area contributed by atoms with Gasteiger partial charge in [0.25, 0.3) is 0 Å². The van der Waals surface area contributed by atoms with Crippen molar-refractivity contribution in [2.75, 3.05) is 19.8 Å². The number of nitrogens with one attached hydrogen (secondary N) is 2. The van der Waals surface area contributed by atoms with E-state index in [2.05, 4.69) is 20.3 Å². The second-order valence-electron chi connectivity index (χ2n) is 9.53. The third-order valence-corrected chi connectivity index (χ3v) is 6.34. The second kappa shape index (κ2) is 12.0. The van der Waals surface area contributed by atoms with Crippen LogP contribution in [0.3, 0.4) is 0 Å².